The van der Waals surface area contributed by atoms with E-state index in [0.29, 0.717) is 5.57 Å². The van der Waals surface area contributed by atoms with Gasteiger partial charge in [-0.3, -0.25) is 0 Å². The van der Waals surface area contributed by atoms with Crippen LogP contribution in [0, 0.1) is 0 Å². The van der Waals surface area contributed by atoms with E-state index in [9.17, 15) is 4.79 Å². The normalized spacial score (nSPS) is 24.5. The highest BCUT2D eigenvalue weighted by Crippen LogP contribution is 2.41. The second-order valence-electron chi connectivity index (χ2n) is 3.46. The van der Waals surface area contributed by atoms with Crippen LogP contribution in [0.4, 0.5) is 0 Å². The average Bonchev–Trinajstić information content (AvgIpc) is 2.83. The Morgan fingerprint density at radius 2 is 2.46 bits per heavy atom. The number of carbonyl (C=O) groups excluding carboxylic acids is 1. The fraction of sp³-hybridized carbons (Fsp3) is 0.500. The van der Waals surface area contributed by atoms with Gasteiger partial charge in [0.1, 0.15) is 5.76 Å². The third kappa shape index (κ3) is 1.59. The standard InChI is InChI=1S/C10H12O3/c1-6(2)10(11)13-8-5-3-4-7-9(8)12-7/h8H,1,3-5H2,2H3. The Kier molecular flexibility index (Phi) is 1.87. The Bertz CT molecular complexity index is 301. The average molecular weight is 180 g/mol. The van der Waals surface area contributed by atoms with Crippen molar-refractivity contribution >= 4 is 5.97 Å². The topological polar surface area (TPSA) is 38.8 Å². The fourth-order valence-electron chi connectivity index (χ4n) is 1.45. The molecule has 0 amide bonds. The lowest BCUT2D eigenvalue weighted by Crippen LogP contribution is -2.19. The maximum Gasteiger partial charge on any atom is 0.333 e. The van der Waals surface area contributed by atoms with Crippen LogP contribution in [-0.2, 0) is 14.3 Å². The quantitative estimate of drug-likeness (QED) is 0.481. The lowest BCUT2D eigenvalue weighted by molar-refractivity contribution is -0.143. The van der Waals surface area contributed by atoms with Crippen molar-refractivity contribution in [2.75, 3.05) is 0 Å². The van der Waals surface area contributed by atoms with Crippen LogP contribution in [-0.4, -0.2) is 12.1 Å². The van der Waals surface area contributed by atoms with Gasteiger partial charge in [0.2, 0.25) is 0 Å². The van der Waals surface area contributed by atoms with E-state index in [0.717, 1.165) is 30.8 Å². The Balaban J connectivity index is 1.95. The molecule has 3 nitrogen and oxygen atoms in total. The van der Waals surface area contributed by atoms with Gasteiger partial charge >= 0.3 is 5.97 Å². The molecule has 13 heavy (non-hydrogen) atoms. The van der Waals surface area contributed by atoms with Gasteiger partial charge in [-0.05, 0) is 19.8 Å². The molecule has 0 spiro atoms. The van der Waals surface area contributed by atoms with Crippen molar-refractivity contribution in [3.05, 3.63) is 23.7 Å². The summed E-state index contributed by atoms with van der Waals surface area (Å²) >= 11 is 0. The Hall–Kier alpha value is -1.25. The number of hydrogen-bond acceptors (Lipinski definition) is 3. The van der Waals surface area contributed by atoms with Crippen molar-refractivity contribution in [2.45, 2.75) is 32.3 Å². The van der Waals surface area contributed by atoms with Crippen molar-refractivity contribution in [3.63, 3.8) is 0 Å². The van der Waals surface area contributed by atoms with Crippen LogP contribution in [0.15, 0.2) is 23.7 Å². The Labute approximate surface area is 77.0 Å². The van der Waals surface area contributed by atoms with Gasteiger partial charge in [0, 0.05) is 12.0 Å². The first kappa shape index (κ1) is 8.35. The van der Waals surface area contributed by atoms with Gasteiger partial charge in [0.15, 0.2) is 11.9 Å². The molecule has 1 heterocycles. The van der Waals surface area contributed by atoms with Crippen molar-refractivity contribution in [1.82, 2.24) is 0 Å². The molecule has 1 aliphatic heterocycles. The molecule has 0 saturated heterocycles. The van der Waals surface area contributed by atoms with Crippen LogP contribution in [0.3, 0.4) is 0 Å². The van der Waals surface area contributed by atoms with E-state index in [1.807, 2.05) is 0 Å². The second-order valence-corrected chi connectivity index (χ2v) is 3.46. The molecule has 0 N–H and O–H groups in total. The minimum atomic E-state index is -0.325. The van der Waals surface area contributed by atoms with Gasteiger partial charge in [-0.15, -0.1) is 0 Å². The van der Waals surface area contributed by atoms with Crippen LogP contribution in [0.1, 0.15) is 26.2 Å². The maximum atomic E-state index is 11.2. The van der Waals surface area contributed by atoms with Crippen molar-refractivity contribution in [3.8, 4) is 0 Å². The second kappa shape index (κ2) is 2.91. The zero-order chi connectivity index (χ0) is 9.42. The summed E-state index contributed by atoms with van der Waals surface area (Å²) in [6.45, 7) is 5.17. The third-order valence-corrected chi connectivity index (χ3v) is 2.23. The molecular formula is C10H12O3. The van der Waals surface area contributed by atoms with Gasteiger partial charge in [-0.25, -0.2) is 4.79 Å². The largest absolute Gasteiger partial charge is 0.455 e. The molecule has 2 rings (SSSR count). The number of ether oxygens (including phenoxy) is 2. The van der Waals surface area contributed by atoms with E-state index in [1.54, 1.807) is 6.92 Å². The van der Waals surface area contributed by atoms with Crippen LogP contribution < -0.4 is 0 Å². The summed E-state index contributed by atoms with van der Waals surface area (Å²) in [4.78, 5) is 11.2. The van der Waals surface area contributed by atoms with E-state index < -0.39 is 0 Å². The smallest absolute Gasteiger partial charge is 0.333 e. The van der Waals surface area contributed by atoms with Crippen molar-refractivity contribution in [1.29, 1.82) is 0 Å². The van der Waals surface area contributed by atoms with Gasteiger partial charge < -0.3 is 9.47 Å². The Morgan fingerprint density at radius 1 is 1.69 bits per heavy atom. The molecule has 2 aliphatic rings. The van der Waals surface area contributed by atoms with Crippen molar-refractivity contribution < 1.29 is 14.3 Å². The number of hydrogen-bond donors (Lipinski definition) is 0. The highest BCUT2D eigenvalue weighted by atomic mass is 16.6. The molecule has 0 aromatic rings. The highest BCUT2D eigenvalue weighted by molar-refractivity contribution is 5.87. The van der Waals surface area contributed by atoms with E-state index in [2.05, 4.69) is 6.58 Å². The molecule has 1 aliphatic carbocycles. The molecule has 70 valence electrons. The molecule has 1 atom stereocenters. The van der Waals surface area contributed by atoms with Gasteiger partial charge in [-0.1, -0.05) is 6.58 Å². The van der Waals surface area contributed by atoms with E-state index in [-0.39, 0.29) is 12.1 Å². The molecule has 1 unspecified atom stereocenters. The zero-order valence-corrected chi connectivity index (χ0v) is 7.63. The van der Waals surface area contributed by atoms with Crippen LogP contribution in [0.2, 0.25) is 0 Å². The van der Waals surface area contributed by atoms with Gasteiger partial charge in [0.25, 0.3) is 0 Å². The third-order valence-electron chi connectivity index (χ3n) is 2.23. The summed E-state index contributed by atoms with van der Waals surface area (Å²) in [6.07, 6.45) is 2.76. The molecule has 0 radical (unpaired) electrons. The first-order valence-corrected chi connectivity index (χ1v) is 4.46. The molecular weight excluding hydrogens is 168 g/mol. The molecule has 0 fully saturated rings. The monoisotopic (exact) mass is 180 g/mol. The summed E-state index contributed by atoms with van der Waals surface area (Å²) in [6, 6.07) is 0. The number of carbonyl (C=O) groups is 1. The van der Waals surface area contributed by atoms with Crippen LogP contribution >= 0.6 is 0 Å². The maximum absolute atomic E-state index is 11.2. The Morgan fingerprint density at radius 3 is 3.15 bits per heavy atom. The summed E-state index contributed by atoms with van der Waals surface area (Å²) in [5.41, 5.74) is 0.438. The molecule has 0 aromatic heterocycles. The lowest BCUT2D eigenvalue weighted by atomic mass is 10.1. The molecule has 3 heteroatoms. The van der Waals surface area contributed by atoms with Gasteiger partial charge in [-0.2, -0.15) is 0 Å². The van der Waals surface area contributed by atoms with E-state index in [1.165, 1.54) is 0 Å². The number of rotatable bonds is 2. The fourth-order valence-corrected chi connectivity index (χ4v) is 1.45. The summed E-state index contributed by atoms with van der Waals surface area (Å²) in [7, 11) is 0. The van der Waals surface area contributed by atoms with Crippen molar-refractivity contribution in [2.24, 2.45) is 0 Å². The summed E-state index contributed by atoms with van der Waals surface area (Å²) in [5.74, 6) is 1.57. The predicted octanol–water partition coefficient (Wildman–Crippen LogP) is 1.90. The highest BCUT2D eigenvalue weighted by Gasteiger charge is 2.38. The van der Waals surface area contributed by atoms with E-state index >= 15 is 0 Å². The SMILES string of the molecule is C=C(C)C(=O)OC1CCCC2=C1O2. The minimum absolute atomic E-state index is 0.145. The molecule has 0 bridgehead atoms. The van der Waals surface area contributed by atoms with E-state index in [4.69, 9.17) is 9.47 Å². The predicted molar refractivity (Wildman–Crippen MR) is 46.7 cm³/mol. The van der Waals surface area contributed by atoms with Gasteiger partial charge in [0.05, 0.1) is 0 Å². The zero-order valence-electron chi connectivity index (χ0n) is 7.63. The lowest BCUT2D eigenvalue weighted by Gasteiger charge is -2.13. The van der Waals surface area contributed by atoms with Crippen LogP contribution in [0.5, 0.6) is 0 Å². The van der Waals surface area contributed by atoms with Crippen LogP contribution in [0.25, 0.3) is 0 Å². The number of allylic oxidation sites excluding steroid dienone is 1. The first-order valence-electron chi connectivity index (χ1n) is 4.46. The molecule has 0 aromatic carbocycles. The number of esters is 1. The summed E-state index contributed by atoms with van der Waals surface area (Å²) in [5, 5.41) is 0. The first-order chi connectivity index (χ1) is 6.18. The minimum Gasteiger partial charge on any atom is -0.455 e. The molecule has 0 saturated carbocycles. The summed E-state index contributed by atoms with van der Waals surface area (Å²) < 4.78 is 10.4.